The van der Waals surface area contributed by atoms with Gasteiger partial charge in [0.2, 0.25) is 0 Å². The summed E-state index contributed by atoms with van der Waals surface area (Å²) in [5.74, 6) is -0.723. The SMILES string of the molecule is CCN(CCCN)C(=O)c1ccc(C)cc1F. The van der Waals surface area contributed by atoms with Gasteiger partial charge in [0.1, 0.15) is 5.82 Å². The van der Waals surface area contributed by atoms with E-state index in [0.717, 1.165) is 12.0 Å². The maximum Gasteiger partial charge on any atom is 0.256 e. The molecule has 0 spiro atoms. The summed E-state index contributed by atoms with van der Waals surface area (Å²) in [6.07, 6.45) is 0.729. The fraction of sp³-hybridized carbons (Fsp3) is 0.462. The van der Waals surface area contributed by atoms with Crippen LogP contribution in [-0.2, 0) is 0 Å². The molecule has 0 aliphatic heterocycles. The van der Waals surface area contributed by atoms with E-state index in [1.54, 1.807) is 17.9 Å². The van der Waals surface area contributed by atoms with Crippen LogP contribution in [0.1, 0.15) is 29.3 Å². The van der Waals surface area contributed by atoms with E-state index in [1.165, 1.54) is 12.1 Å². The summed E-state index contributed by atoms with van der Waals surface area (Å²) in [4.78, 5) is 13.7. The Bertz CT molecular complexity index is 393. The largest absolute Gasteiger partial charge is 0.339 e. The predicted molar refractivity (Wildman–Crippen MR) is 66.4 cm³/mol. The molecule has 94 valence electrons. The van der Waals surface area contributed by atoms with Crippen molar-refractivity contribution in [1.29, 1.82) is 0 Å². The molecule has 2 N–H and O–H groups in total. The molecule has 1 rings (SSSR count). The maximum atomic E-state index is 13.6. The molecule has 0 aliphatic rings. The number of carbonyl (C=O) groups excluding carboxylic acids is 1. The predicted octanol–water partition coefficient (Wildman–Crippen LogP) is 1.95. The van der Waals surface area contributed by atoms with Crippen molar-refractivity contribution in [2.45, 2.75) is 20.3 Å². The van der Waals surface area contributed by atoms with Crippen LogP contribution in [0.5, 0.6) is 0 Å². The highest BCUT2D eigenvalue weighted by atomic mass is 19.1. The van der Waals surface area contributed by atoms with Crippen molar-refractivity contribution >= 4 is 5.91 Å². The summed E-state index contributed by atoms with van der Waals surface area (Å²) < 4.78 is 13.6. The van der Waals surface area contributed by atoms with Gasteiger partial charge in [0.15, 0.2) is 0 Å². The summed E-state index contributed by atoms with van der Waals surface area (Å²) in [6.45, 7) is 5.33. The van der Waals surface area contributed by atoms with Crippen molar-refractivity contribution in [1.82, 2.24) is 4.90 Å². The normalized spacial score (nSPS) is 10.4. The number of rotatable bonds is 5. The molecule has 1 amide bonds. The third-order valence-electron chi connectivity index (χ3n) is 2.66. The summed E-state index contributed by atoms with van der Waals surface area (Å²) in [5.41, 5.74) is 6.35. The zero-order chi connectivity index (χ0) is 12.8. The summed E-state index contributed by atoms with van der Waals surface area (Å²) in [5, 5.41) is 0. The van der Waals surface area contributed by atoms with E-state index in [-0.39, 0.29) is 11.5 Å². The van der Waals surface area contributed by atoms with Crippen molar-refractivity contribution in [3.05, 3.63) is 35.1 Å². The van der Waals surface area contributed by atoms with Gasteiger partial charge in [-0.05, 0) is 44.5 Å². The molecule has 0 unspecified atom stereocenters. The molecular formula is C13H19FN2O. The molecule has 1 aromatic carbocycles. The number of amides is 1. The highest BCUT2D eigenvalue weighted by molar-refractivity contribution is 5.94. The molecule has 0 fully saturated rings. The third-order valence-corrected chi connectivity index (χ3v) is 2.66. The van der Waals surface area contributed by atoms with E-state index in [2.05, 4.69) is 0 Å². The van der Waals surface area contributed by atoms with E-state index in [4.69, 9.17) is 5.73 Å². The van der Waals surface area contributed by atoms with Crippen LogP contribution in [-0.4, -0.2) is 30.4 Å². The molecule has 3 nitrogen and oxygen atoms in total. The minimum atomic E-state index is -0.457. The van der Waals surface area contributed by atoms with Gasteiger partial charge in [-0.2, -0.15) is 0 Å². The lowest BCUT2D eigenvalue weighted by Gasteiger charge is -2.20. The second-order valence-corrected chi connectivity index (χ2v) is 4.01. The average molecular weight is 238 g/mol. The molecule has 4 heteroatoms. The van der Waals surface area contributed by atoms with Crippen LogP contribution in [0.15, 0.2) is 18.2 Å². The Kier molecular flexibility index (Phi) is 5.10. The van der Waals surface area contributed by atoms with Crippen molar-refractivity contribution in [2.24, 2.45) is 5.73 Å². The first-order valence-electron chi connectivity index (χ1n) is 5.85. The van der Waals surface area contributed by atoms with E-state index in [9.17, 15) is 9.18 Å². The Hall–Kier alpha value is -1.42. The van der Waals surface area contributed by atoms with Crippen molar-refractivity contribution in [2.75, 3.05) is 19.6 Å². The first-order chi connectivity index (χ1) is 8.10. The molecule has 17 heavy (non-hydrogen) atoms. The van der Waals surface area contributed by atoms with Crippen molar-refractivity contribution in [3.8, 4) is 0 Å². The van der Waals surface area contributed by atoms with Crippen molar-refractivity contribution < 1.29 is 9.18 Å². The first kappa shape index (κ1) is 13.6. The van der Waals surface area contributed by atoms with E-state index in [1.807, 2.05) is 6.92 Å². The third kappa shape index (κ3) is 3.53. The number of hydrogen-bond acceptors (Lipinski definition) is 2. The van der Waals surface area contributed by atoms with Gasteiger partial charge in [-0.3, -0.25) is 4.79 Å². The zero-order valence-corrected chi connectivity index (χ0v) is 10.4. The quantitative estimate of drug-likeness (QED) is 0.852. The topological polar surface area (TPSA) is 46.3 Å². The number of benzene rings is 1. The van der Waals surface area contributed by atoms with Crippen LogP contribution in [0.25, 0.3) is 0 Å². The lowest BCUT2D eigenvalue weighted by atomic mass is 10.1. The first-order valence-corrected chi connectivity index (χ1v) is 5.85. The molecule has 0 saturated heterocycles. The number of nitrogens with zero attached hydrogens (tertiary/aromatic N) is 1. The standard InChI is InChI=1S/C13H19FN2O/c1-3-16(8-4-7-15)13(17)11-6-5-10(2)9-12(11)14/h5-6,9H,3-4,7-8,15H2,1-2H3. The number of nitrogens with two attached hydrogens (primary N) is 1. The highest BCUT2D eigenvalue weighted by Crippen LogP contribution is 2.12. The van der Waals surface area contributed by atoms with Crippen LogP contribution in [0.3, 0.4) is 0 Å². The Morgan fingerprint density at radius 1 is 1.47 bits per heavy atom. The smallest absolute Gasteiger partial charge is 0.256 e. The minimum Gasteiger partial charge on any atom is -0.339 e. The molecule has 0 heterocycles. The zero-order valence-electron chi connectivity index (χ0n) is 10.4. The van der Waals surface area contributed by atoms with Gasteiger partial charge in [0, 0.05) is 13.1 Å². The second-order valence-electron chi connectivity index (χ2n) is 4.01. The molecule has 1 aromatic rings. The van der Waals surface area contributed by atoms with E-state index < -0.39 is 5.82 Å². The number of halogens is 1. The average Bonchev–Trinajstić information content (AvgIpc) is 2.29. The molecule has 0 bridgehead atoms. The van der Waals surface area contributed by atoms with Crippen LogP contribution in [0.4, 0.5) is 4.39 Å². The van der Waals surface area contributed by atoms with Gasteiger partial charge in [-0.1, -0.05) is 6.07 Å². The second kappa shape index (κ2) is 6.35. The Balaban J connectivity index is 2.86. The van der Waals surface area contributed by atoms with Crippen molar-refractivity contribution in [3.63, 3.8) is 0 Å². The lowest BCUT2D eigenvalue weighted by Crippen LogP contribution is -2.33. The molecule has 0 aliphatic carbocycles. The van der Waals surface area contributed by atoms with Crippen LogP contribution < -0.4 is 5.73 Å². The molecule has 0 atom stereocenters. The van der Waals surface area contributed by atoms with Gasteiger partial charge in [0.25, 0.3) is 5.91 Å². The summed E-state index contributed by atoms with van der Waals surface area (Å²) in [6, 6.07) is 4.66. The van der Waals surface area contributed by atoms with Gasteiger partial charge in [0.05, 0.1) is 5.56 Å². The van der Waals surface area contributed by atoms with Gasteiger partial charge < -0.3 is 10.6 Å². The van der Waals surface area contributed by atoms with Gasteiger partial charge >= 0.3 is 0 Å². The number of carbonyl (C=O) groups is 1. The van der Waals surface area contributed by atoms with Gasteiger partial charge in [-0.15, -0.1) is 0 Å². The number of aryl methyl sites for hydroxylation is 1. The van der Waals surface area contributed by atoms with Gasteiger partial charge in [-0.25, -0.2) is 4.39 Å². The fourth-order valence-electron chi connectivity index (χ4n) is 1.65. The molecule has 0 aromatic heterocycles. The van der Waals surface area contributed by atoms with Crippen LogP contribution in [0.2, 0.25) is 0 Å². The van der Waals surface area contributed by atoms with E-state index in [0.29, 0.717) is 19.6 Å². The molecule has 0 saturated carbocycles. The van der Waals surface area contributed by atoms with E-state index >= 15 is 0 Å². The molecular weight excluding hydrogens is 219 g/mol. The fourth-order valence-corrected chi connectivity index (χ4v) is 1.65. The minimum absolute atomic E-state index is 0.134. The molecule has 0 radical (unpaired) electrons. The Morgan fingerprint density at radius 3 is 2.71 bits per heavy atom. The number of hydrogen-bond donors (Lipinski definition) is 1. The maximum absolute atomic E-state index is 13.6. The van der Waals surface area contributed by atoms with Crippen LogP contribution >= 0.6 is 0 Å². The lowest BCUT2D eigenvalue weighted by molar-refractivity contribution is 0.0759. The highest BCUT2D eigenvalue weighted by Gasteiger charge is 2.17. The van der Waals surface area contributed by atoms with Crippen LogP contribution in [0, 0.1) is 12.7 Å². The monoisotopic (exact) mass is 238 g/mol. The Morgan fingerprint density at radius 2 is 2.18 bits per heavy atom. The summed E-state index contributed by atoms with van der Waals surface area (Å²) >= 11 is 0. The summed E-state index contributed by atoms with van der Waals surface area (Å²) in [7, 11) is 0. The Labute approximate surface area is 101 Å².